The molecule has 0 radical (unpaired) electrons. The predicted molar refractivity (Wildman–Crippen MR) is 151 cm³/mol. The monoisotopic (exact) mass is 536 g/mol. The second-order valence-corrected chi connectivity index (χ2v) is 11.9. The summed E-state index contributed by atoms with van der Waals surface area (Å²) in [5.41, 5.74) is 8.72. The largest absolute Gasteiger partial charge is 0.375 e. The van der Waals surface area contributed by atoms with Crippen LogP contribution >= 0.6 is 11.3 Å². The van der Waals surface area contributed by atoms with Crippen LogP contribution in [0.3, 0.4) is 0 Å². The quantitative estimate of drug-likeness (QED) is 0.362. The first-order valence-electron chi connectivity index (χ1n) is 14.2. The highest BCUT2D eigenvalue weighted by molar-refractivity contribution is 7.15. The average Bonchev–Trinajstić information content (AvgIpc) is 3.57. The number of hydrogen-bond acceptors (Lipinski definition) is 8. The van der Waals surface area contributed by atoms with E-state index >= 15 is 0 Å². The fraction of sp³-hybridized carbons (Fsp3) is 0.586. The topological polar surface area (TPSA) is 110 Å². The minimum absolute atomic E-state index is 0.00292. The van der Waals surface area contributed by atoms with Gasteiger partial charge < -0.3 is 20.5 Å². The Kier molecular flexibility index (Phi) is 8.74. The van der Waals surface area contributed by atoms with E-state index in [9.17, 15) is 4.79 Å². The van der Waals surface area contributed by atoms with Gasteiger partial charge in [0.15, 0.2) is 5.13 Å². The molecule has 0 aliphatic heterocycles. The molecule has 3 aromatic rings. The standard InChI is InChI=1S/C29H40N6O2S/c1-3-16-35(23-13-14-24-25(18-23)38-29(30)32-24)17-15-19-5-11-22(12-6-19)31-28(36)21-9-7-20(8-10-21)27-33-26(4-2)37-34-27/h7-10,19,22-23H,3-6,11-18H2,1-2H3,(H2,30,32)(H,31,36). The predicted octanol–water partition coefficient (Wildman–Crippen LogP) is 5.29. The van der Waals surface area contributed by atoms with Crippen molar-refractivity contribution in [3.63, 3.8) is 0 Å². The average molecular weight is 537 g/mol. The number of hydrogen-bond donors (Lipinski definition) is 2. The molecule has 0 saturated heterocycles. The zero-order valence-corrected chi connectivity index (χ0v) is 23.4. The van der Waals surface area contributed by atoms with E-state index in [1.807, 2.05) is 31.2 Å². The molecule has 204 valence electrons. The van der Waals surface area contributed by atoms with Crippen LogP contribution < -0.4 is 11.1 Å². The SMILES string of the molecule is CCCN(CCC1CCC(NC(=O)c2ccc(-c3noc(CC)n3)cc2)CC1)C1CCc2nc(N)sc2C1. The number of aryl methyl sites for hydroxylation is 2. The first-order valence-corrected chi connectivity index (χ1v) is 15.1. The molecule has 8 nitrogen and oxygen atoms in total. The van der Waals surface area contributed by atoms with E-state index in [4.69, 9.17) is 10.3 Å². The van der Waals surface area contributed by atoms with Crippen molar-refractivity contribution in [2.45, 2.75) is 90.1 Å². The van der Waals surface area contributed by atoms with Gasteiger partial charge in [0.2, 0.25) is 11.7 Å². The van der Waals surface area contributed by atoms with Crippen molar-refractivity contribution in [3.8, 4) is 11.4 Å². The number of benzene rings is 1. The third-order valence-electron chi connectivity index (χ3n) is 8.14. The highest BCUT2D eigenvalue weighted by Gasteiger charge is 2.28. The maximum Gasteiger partial charge on any atom is 0.251 e. The molecule has 0 spiro atoms. The lowest BCUT2D eigenvalue weighted by atomic mass is 9.83. The van der Waals surface area contributed by atoms with Gasteiger partial charge in [0.05, 0.1) is 5.69 Å². The maximum atomic E-state index is 12.9. The van der Waals surface area contributed by atoms with Gasteiger partial charge in [-0.25, -0.2) is 4.98 Å². The number of nitrogen functional groups attached to an aromatic ring is 1. The number of amides is 1. The number of fused-ring (bicyclic) bond motifs is 1. The van der Waals surface area contributed by atoms with Crippen molar-refractivity contribution < 1.29 is 9.32 Å². The molecule has 1 unspecified atom stereocenters. The number of rotatable bonds is 10. The molecule has 0 bridgehead atoms. The van der Waals surface area contributed by atoms with E-state index in [1.165, 1.54) is 42.7 Å². The summed E-state index contributed by atoms with van der Waals surface area (Å²) in [6.45, 7) is 6.58. The highest BCUT2D eigenvalue weighted by Crippen LogP contribution is 2.32. The molecule has 1 saturated carbocycles. The van der Waals surface area contributed by atoms with Crippen molar-refractivity contribution >= 4 is 22.4 Å². The van der Waals surface area contributed by atoms with Gasteiger partial charge in [0.1, 0.15) is 0 Å². The van der Waals surface area contributed by atoms with Crippen LogP contribution in [0.15, 0.2) is 28.8 Å². The number of carbonyl (C=O) groups is 1. The number of aromatic nitrogens is 3. The molecule has 2 heterocycles. The molecule has 1 fully saturated rings. The Hall–Kier alpha value is -2.78. The maximum absolute atomic E-state index is 12.9. The Morgan fingerprint density at radius 2 is 1.89 bits per heavy atom. The van der Waals surface area contributed by atoms with Gasteiger partial charge in [-0.2, -0.15) is 4.98 Å². The van der Waals surface area contributed by atoms with E-state index in [1.54, 1.807) is 11.3 Å². The molecule has 2 aliphatic rings. The van der Waals surface area contributed by atoms with Gasteiger partial charge in [-0.05, 0) is 88.9 Å². The number of thiazole rings is 1. The van der Waals surface area contributed by atoms with E-state index < -0.39 is 0 Å². The summed E-state index contributed by atoms with van der Waals surface area (Å²) in [5.74, 6) is 1.91. The highest BCUT2D eigenvalue weighted by atomic mass is 32.1. The molecule has 2 aliphatic carbocycles. The minimum Gasteiger partial charge on any atom is -0.375 e. The Labute approximate surface area is 229 Å². The second kappa shape index (κ2) is 12.4. The first kappa shape index (κ1) is 26.8. The van der Waals surface area contributed by atoms with Gasteiger partial charge in [-0.3, -0.25) is 4.79 Å². The molecule has 3 N–H and O–H groups in total. The normalized spacial score (nSPS) is 21.4. The molecule has 9 heteroatoms. The fourth-order valence-electron chi connectivity index (χ4n) is 5.95. The van der Waals surface area contributed by atoms with Crippen LogP contribution in [0.5, 0.6) is 0 Å². The summed E-state index contributed by atoms with van der Waals surface area (Å²) < 4.78 is 5.19. The van der Waals surface area contributed by atoms with E-state index in [-0.39, 0.29) is 11.9 Å². The molecular formula is C29H40N6O2S. The number of carbonyl (C=O) groups excluding carboxylic acids is 1. The van der Waals surface area contributed by atoms with Crippen LogP contribution in [-0.2, 0) is 19.3 Å². The summed E-state index contributed by atoms with van der Waals surface area (Å²) in [5, 5.41) is 7.99. The van der Waals surface area contributed by atoms with Crippen molar-refractivity contribution in [2.24, 2.45) is 5.92 Å². The third-order valence-corrected chi connectivity index (χ3v) is 9.09. The van der Waals surface area contributed by atoms with Gasteiger partial charge in [0, 0.05) is 34.5 Å². The molecule has 1 amide bonds. The third kappa shape index (κ3) is 6.43. The number of nitrogens with two attached hydrogens (primary N) is 1. The van der Waals surface area contributed by atoms with Crippen molar-refractivity contribution in [1.82, 2.24) is 25.3 Å². The van der Waals surface area contributed by atoms with Crippen LogP contribution in [0.25, 0.3) is 11.4 Å². The summed E-state index contributed by atoms with van der Waals surface area (Å²) in [6.07, 6.45) is 10.9. The smallest absolute Gasteiger partial charge is 0.251 e. The number of nitrogens with one attached hydrogen (secondary N) is 1. The molecule has 1 aromatic carbocycles. The molecule has 2 aromatic heterocycles. The minimum atomic E-state index is -0.00292. The number of anilines is 1. The van der Waals surface area contributed by atoms with Gasteiger partial charge in [-0.1, -0.05) is 31.1 Å². The zero-order chi connectivity index (χ0) is 26.5. The van der Waals surface area contributed by atoms with E-state index in [0.717, 1.165) is 50.3 Å². The summed E-state index contributed by atoms with van der Waals surface area (Å²) in [7, 11) is 0. The Morgan fingerprint density at radius 1 is 1.11 bits per heavy atom. The van der Waals surface area contributed by atoms with Crippen LogP contribution in [0.4, 0.5) is 5.13 Å². The Bertz CT molecular complexity index is 1200. The molecule has 38 heavy (non-hydrogen) atoms. The van der Waals surface area contributed by atoms with Gasteiger partial charge >= 0.3 is 0 Å². The Balaban J connectivity index is 1.07. The van der Waals surface area contributed by atoms with E-state index in [0.29, 0.717) is 34.9 Å². The van der Waals surface area contributed by atoms with Crippen molar-refractivity contribution in [1.29, 1.82) is 0 Å². The molecule has 1 atom stereocenters. The van der Waals surface area contributed by atoms with E-state index in [2.05, 4.69) is 32.3 Å². The Morgan fingerprint density at radius 3 is 2.61 bits per heavy atom. The first-order chi connectivity index (χ1) is 18.5. The van der Waals surface area contributed by atoms with Gasteiger partial charge in [-0.15, -0.1) is 11.3 Å². The lowest BCUT2D eigenvalue weighted by Crippen LogP contribution is -2.41. The molecular weight excluding hydrogens is 496 g/mol. The van der Waals surface area contributed by atoms with Crippen LogP contribution in [0.1, 0.15) is 85.6 Å². The van der Waals surface area contributed by atoms with Crippen molar-refractivity contribution in [2.75, 3.05) is 18.8 Å². The van der Waals surface area contributed by atoms with Crippen LogP contribution in [0.2, 0.25) is 0 Å². The second-order valence-electron chi connectivity index (χ2n) is 10.8. The van der Waals surface area contributed by atoms with Gasteiger partial charge in [0.25, 0.3) is 5.91 Å². The van der Waals surface area contributed by atoms with Crippen LogP contribution in [0, 0.1) is 5.92 Å². The zero-order valence-electron chi connectivity index (χ0n) is 22.6. The lowest BCUT2D eigenvalue weighted by molar-refractivity contribution is 0.0918. The summed E-state index contributed by atoms with van der Waals surface area (Å²) in [6, 6.07) is 8.32. The van der Waals surface area contributed by atoms with Crippen LogP contribution in [-0.4, -0.2) is 51.1 Å². The number of nitrogens with zero attached hydrogens (tertiary/aromatic N) is 4. The summed E-state index contributed by atoms with van der Waals surface area (Å²) in [4.78, 5) is 25.9. The lowest BCUT2D eigenvalue weighted by Gasteiger charge is -2.36. The van der Waals surface area contributed by atoms with Crippen molar-refractivity contribution in [3.05, 3.63) is 46.3 Å². The fourth-order valence-corrected chi connectivity index (χ4v) is 6.90. The summed E-state index contributed by atoms with van der Waals surface area (Å²) >= 11 is 1.68. The molecule has 5 rings (SSSR count).